The molecule has 4 rings (SSSR count). The Hall–Kier alpha value is -3.30. The maximum Gasteiger partial charge on any atom is 0.328 e. The molecule has 0 saturated carbocycles. The fraction of sp³-hybridized carbons (Fsp3) is 0.458. The van der Waals surface area contributed by atoms with E-state index >= 15 is 0 Å². The van der Waals surface area contributed by atoms with Gasteiger partial charge in [0.25, 0.3) is 0 Å². The Labute approximate surface area is 221 Å². The number of carbonyl (C=O) groups is 2. The van der Waals surface area contributed by atoms with Crippen LogP contribution < -0.4 is 21.5 Å². The third-order valence-corrected chi connectivity index (χ3v) is 8.20. The summed E-state index contributed by atoms with van der Waals surface area (Å²) in [6.45, 7) is 2.94. The predicted molar refractivity (Wildman–Crippen MR) is 142 cm³/mol. The van der Waals surface area contributed by atoms with Gasteiger partial charge in [0.15, 0.2) is 17.7 Å². The van der Waals surface area contributed by atoms with Crippen molar-refractivity contribution in [2.75, 3.05) is 28.8 Å². The summed E-state index contributed by atoms with van der Waals surface area (Å²) in [6, 6.07) is 5.56. The molecule has 1 fully saturated rings. The normalized spacial score (nSPS) is 24.7. The van der Waals surface area contributed by atoms with Gasteiger partial charge in [-0.1, -0.05) is 0 Å². The first kappa shape index (κ1) is 27.7. The third-order valence-electron chi connectivity index (χ3n) is 6.39. The molecule has 204 valence electrons. The third kappa shape index (κ3) is 5.89. The number of nitrogens with two attached hydrogens (primary N) is 2. The summed E-state index contributed by atoms with van der Waals surface area (Å²) in [5, 5.41) is 24.6. The van der Waals surface area contributed by atoms with Crippen LogP contribution in [0.2, 0.25) is 0 Å². The quantitative estimate of drug-likeness (QED) is 0.137. The van der Waals surface area contributed by atoms with E-state index in [1.165, 1.54) is 31.1 Å². The van der Waals surface area contributed by atoms with Crippen LogP contribution in [0, 0.1) is 0 Å². The van der Waals surface area contributed by atoms with Crippen LogP contribution in [0.4, 0.5) is 11.5 Å². The predicted octanol–water partition coefficient (Wildman–Crippen LogP) is -0.0527. The van der Waals surface area contributed by atoms with Gasteiger partial charge in [0.1, 0.15) is 53.0 Å². The van der Waals surface area contributed by atoms with Crippen molar-refractivity contribution < 1.29 is 29.3 Å². The first-order chi connectivity index (χ1) is 18.0. The Morgan fingerprint density at radius 1 is 1.29 bits per heavy atom. The fourth-order valence-corrected chi connectivity index (χ4v) is 5.89. The summed E-state index contributed by atoms with van der Waals surface area (Å²) in [5.74, 6) is 0.794. The first-order valence-electron chi connectivity index (χ1n) is 11.9. The molecule has 13 nitrogen and oxygen atoms in total. The number of benzene rings is 1. The molecule has 14 heteroatoms. The number of nitrogens with one attached hydrogen (secondary N) is 1. The van der Waals surface area contributed by atoms with E-state index in [9.17, 15) is 19.8 Å². The fourth-order valence-electron chi connectivity index (χ4n) is 4.13. The molecule has 0 spiro atoms. The lowest BCUT2D eigenvalue weighted by Gasteiger charge is -2.25. The number of carbonyl (C=O) groups excluding carboxylic acids is 2. The monoisotopic (exact) mass is 546 g/mol. The van der Waals surface area contributed by atoms with Gasteiger partial charge in [-0.3, -0.25) is 9.36 Å². The zero-order valence-corrected chi connectivity index (χ0v) is 22.1. The molecule has 1 amide bonds. The Morgan fingerprint density at radius 2 is 2.00 bits per heavy atom. The molecule has 0 bridgehead atoms. The largest absolute Gasteiger partial charge is 0.425 e. The first-order valence-corrected chi connectivity index (χ1v) is 13.9. The number of hydrogen-bond acceptors (Lipinski definition) is 11. The average molecular weight is 547 g/mol. The van der Waals surface area contributed by atoms with Crippen LogP contribution in [0.1, 0.15) is 26.5 Å². The van der Waals surface area contributed by atoms with Crippen LogP contribution in [-0.2, 0) is 25.2 Å². The molecule has 1 saturated heterocycles. The topological polar surface area (TPSA) is 201 Å². The molecule has 1 aliphatic rings. The summed E-state index contributed by atoms with van der Waals surface area (Å²) in [6.07, 6.45) is 2.26. The lowest BCUT2D eigenvalue weighted by Crippen LogP contribution is -2.47. The number of fused-ring (bicyclic) bond motifs is 1. The van der Waals surface area contributed by atoms with Crippen molar-refractivity contribution in [2.24, 2.45) is 5.73 Å². The van der Waals surface area contributed by atoms with E-state index in [2.05, 4.69) is 20.3 Å². The number of hydrogen-bond donors (Lipinski definition) is 5. The second-order valence-electron chi connectivity index (χ2n) is 9.44. The number of rotatable bonds is 9. The van der Waals surface area contributed by atoms with Gasteiger partial charge in [-0.05, 0) is 42.1 Å². The van der Waals surface area contributed by atoms with E-state index in [-0.39, 0.29) is 22.6 Å². The molecule has 2 aromatic heterocycles. The maximum atomic E-state index is 12.4. The Kier molecular flexibility index (Phi) is 8.18. The van der Waals surface area contributed by atoms with E-state index in [4.69, 9.17) is 20.9 Å². The minimum atomic E-state index is -1.54. The van der Waals surface area contributed by atoms with Gasteiger partial charge in [-0.15, -0.1) is 0 Å². The van der Waals surface area contributed by atoms with Crippen LogP contribution in [-0.4, -0.2) is 83.2 Å². The number of anilines is 2. The van der Waals surface area contributed by atoms with Gasteiger partial charge < -0.3 is 36.5 Å². The zero-order chi connectivity index (χ0) is 27.6. The van der Waals surface area contributed by atoms with Gasteiger partial charge >= 0.3 is 5.97 Å². The highest BCUT2D eigenvalue weighted by Gasteiger charge is 2.55. The minimum Gasteiger partial charge on any atom is -0.425 e. The van der Waals surface area contributed by atoms with E-state index in [0.29, 0.717) is 40.5 Å². The van der Waals surface area contributed by atoms with E-state index < -0.39 is 36.0 Å². The summed E-state index contributed by atoms with van der Waals surface area (Å²) < 4.78 is 13.0. The average Bonchev–Trinajstić information content (AvgIpc) is 3.38. The van der Waals surface area contributed by atoms with Crippen molar-refractivity contribution >= 4 is 45.4 Å². The highest BCUT2D eigenvalue weighted by atomic mass is 32.2. The van der Waals surface area contributed by atoms with E-state index in [1.807, 2.05) is 6.26 Å². The minimum absolute atomic E-state index is 0.198. The number of amides is 1. The standard InChI is InChI=1S/C24H31N7O6S/c1-13(32)30-14-4-6-15(7-5-14)36-23(34)16(25)8-9-38(3)10-17-24(2,35)19(33)22(37-17)31-12-29-18-20(26)27-11-28-21(18)31/h4-7,11-12,16-17,19,22,33,35H,8-10,25H2,1-3H3,(H2-,26,27,28,30,32)/p+1/t16?,17?,19-,22+,24+,38?/m0/s1. The molecule has 0 radical (unpaired) electrons. The van der Waals surface area contributed by atoms with Crippen LogP contribution >= 0.6 is 0 Å². The number of nitrogen functional groups attached to an aromatic ring is 1. The van der Waals surface area contributed by atoms with Crippen LogP contribution in [0.5, 0.6) is 5.75 Å². The highest BCUT2D eigenvalue weighted by molar-refractivity contribution is 7.96. The van der Waals surface area contributed by atoms with E-state index in [0.717, 1.165) is 0 Å². The van der Waals surface area contributed by atoms with Crippen molar-refractivity contribution in [3.63, 3.8) is 0 Å². The number of ether oxygens (including phenoxy) is 2. The van der Waals surface area contributed by atoms with Gasteiger partial charge in [0.05, 0.1) is 12.6 Å². The van der Waals surface area contributed by atoms with Gasteiger partial charge in [0, 0.05) is 19.0 Å². The Bertz CT molecular complexity index is 1300. The van der Waals surface area contributed by atoms with Crippen molar-refractivity contribution in [3.05, 3.63) is 36.9 Å². The molecule has 1 aromatic carbocycles. The number of aliphatic hydroxyl groups excluding tert-OH is 1. The highest BCUT2D eigenvalue weighted by Crippen LogP contribution is 2.39. The molecular formula is C24H32N7O6S+. The second-order valence-corrected chi connectivity index (χ2v) is 11.7. The second kappa shape index (κ2) is 11.2. The molecule has 38 heavy (non-hydrogen) atoms. The summed E-state index contributed by atoms with van der Waals surface area (Å²) in [7, 11) is -0.301. The molecule has 0 aliphatic carbocycles. The van der Waals surface area contributed by atoms with Crippen molar-refractivity contribution in [2.45, 2.75) is 50.3 Å². The van der Waals surface area contributed by atoms with Crippen molar-refractivity contribution in [1.82, 2.24) is 19.5 Å². The molecule has 3 aromatic rings. The smallest absolute Gasteiger partial charge is 0.328 e. The SMILES string of the molecule is CC(=O)Nc1ccc(OC(=O)C(N)CC[S+](C)CC2O[C@@H](n3cnc4c(N)ncnc43)[C@H](O)[C@]2(C)O)cc1. The van der Waals surface area contributed by atoms with Crippen LogP contribution in [0.3, 0.4) is 0 Å². The van der Waals surface area contributed by atoms with Gasteiger partial charge in [-0.25, -0.2) is 19.7 Å². The Balaban J connectivity index is 1.31. The number of aliphatic hydroxyl groups is 2. The zero-order valence-electron chi connectivity index (χ0n) is 21.3. The molecular weight excluding hydrogens is 514 g/mol. The number of esters is 1. The molecule has 3 unspecified atom stereocenters. The molecule has 1 aliphatic heterocycles. The lowest BCUT2D eigenvalue weighted by molar-refractivity contribution is -0.135. The number of nitrogens with zero attached hydrogens (tertiary/aromatic N) is 4. The van der Waals surface area contributed by atoms with Crippen molar-refractivity contribution in [1.29, 1.82) is 0 Å². The summed E-state index contributed by atoms with van der Waals surface area (Å²) in [4.78, 5) is 35.9. The number of imidazole rings is 1. The Morgan fingerprint density at radius 3 is 2.68 bits per heavy atom. The summed E-state index contributed by atoms with van der Waals surface area (Å²) in [5.41, 5.74) is 11.7. The molecule has 3 heterocycles. The summed E-state index contributed by atoms with van der Waals surface area (Å²) >= 11 is 0. The molecule has 6 atom stereocenters. The van der Waals surface area contributed by atoms with Crippen LogP contribution in [0.25, 0.3) is 11.2 Å². The van der Waals surface area contributed by atoms with Gasteiger partial charge in [-0.2, -0.15) is 0 Å². The van der Waals surface area contributed by atoms with Crippen LogP contribution in [0.15, 0.2) is 36.9 Å². The lowest BCUT2D eigenvalue weighted by atomic mass is 9.95. The maximum absolute atomic E-state index is 12.4. The molecule has 7 N–H and O–H groups in total. The number of aromatic nitrogens is 4. The van der Waals surface area contributed by atoms with Crippen molar-refractivity contribution in [3.8, 4) is 5.75 Å². The van der Waals surface area contributed by atoms with Gasteiger partial charge in [0.2, 0.25) is 5.91 Å². The van der Waals surface area contributed by atoms with E-state index in [1.54, 1.807) is 24.3 Å².